The second-order valence-corrected chi connectivity index (χ2v) is 4.85. The van der Waals surface area contributed by atoms with Gasteiger partial charge in [-0.25, -0.2) is 0 Å². The zero-order valence-corrected chi connectivity index (χ0v) is 11.9. The van der Waals surface area contributed by atoms with Crippen molar-refractivity contribution in [3.05, 3.63) is 52.0 Å². The maximum absolute atomic E-state index is 13.6. The maximum Gasteiger partial charge on any atom is 0.304 e. The molecule has 0 bridgehead atoms. The molecule has 21 heavy (non-hydrogen) atoms. The summed E-state index contributed by atoms with van der Waals surface area (Å²) in [5, 5.41) is 13.9. The van der Waals surface area contributed by atoms with Gasteiger partial charge < -0.3 is 9.73 Å². The lowest BCUT2D eigenvalue weighted by Gasteiger charge is -2.09. The van der Waals surface area contributed by atoms with E-state index in [9.17, 15) is 14.5 Å². The zero-order chi connectivity index (χ0) is 15.4. The first kappa shape index (κ1) is 15.2. The highest BCUT2D eigenvalue weighted by molar-refractivity contribution is 5.60. The third-order valence-corrected chi connectivity index (χ3v) is 3.15. The number of nitro groups is 1. The van der Waals surface area contributed by atoms with E-state index in [4.69, 9.17) is 4.42 Å². The molecule has 1 atom stereocenters. The van der Waals surface area contributed by atoms with Crippen molar-refractivity contribution in [1.82, 2.24) is 5.32 Å². The van der Waals surface area contributed by atoms with Crippen LogP contribution in [0.15, 0.2) is 34.7 Å². The second kappa shape index (κ2) is 6.49. The number of nitrogens with one attached hydrogen (secondary N) is 1. The van der Waals surface area contributed by atoms with Gasteiger partial charge >= 0.3 is 5.69 Å². The van der Waals surface area contributed by atoms with Crippen molar-refractivity contribution in [2.75, 3.05) is 6.54 Å². The first-order chi connectivity index (χ1) is 10.0. The Balaban J connectivity index is 2.18. The molecule has 2 aromatic rings. The molecule has 0 radical (unpaired) electrons. The fraction of sp³-hybridized carbons (Fsp3) is 0.333. The van der Waals surface area contributed by atoms with Gasteiger partial charge in [0.05, 0.1) is 4.92 Å². The van der Waals surface area contributed by atoms with Gasteiger partial charge in [-0.2, -0.15) is 4.39 Å². The summed E-state index contributed by atoms with van der Waals surface area (Å²) in [6, 6.07) is 7.61. The maximum atomic E-state index is 13.6. The topological polar surface area (TPSA) is 68.3 Å². The van der Waals surface area contributed by atoms with E-state index >= 15 is 0 Å². The molecule has 0 aliphatic heterocycles. The summed E-state index contributed by atoms with van der Waals surface area (Å²) in [5.74, 6) is 0.427. The van der Waals surface area contributed by atoms with Gasteiger partial charge in [0.2, 0.25) is 5.82 Å². The van der Waals surface area contributed by atoms with Crippen LogP contribution in [-0.2, 0) is 6.42 Å². The average Bonchev–Trinajstić information content (AvgIpc) is 2.86. The van der Waals surface area contributed by atoms with Crippen molar-refractivity contribution in [2.24, 2.45) is 0 Å². The second-order valence-electron chi connectivity index (χ2n) is 4.85. The SMILES string of the molecule is CCNC(C)Cc1ccc(-c2ccc([N+](=O)[O-])c(F)c2)o1. The predicted molar refractivity (Wildman–Crippen MR) is 77.6 cm³/mol. The number of benzene rings is 1. The van der Waals surface area contributed by atoms with Gasteiger partial charge in [-0.1, -0.05) is 6.92 Å². The number of hydrogen-bond donors (Lipinski definition) is 1. The van der Waals surface area contributed by atoms with E-state index in [0.717, 1.165) is 30.9 Å². The molecule has 1 unspecified atom stereocenters. The minimum atomic E-state index is -0.864. The molecular weight excluding hydrogens is 275 g/mol. The lowest BCUT2D eigenvalue weighted by atomic mass is 10.1. The van der Waals surface area contributed by atoms with Crippen LogP contribution >= 0.6 is 0 Å². The number of nitrogens with zero attached hydrogens (tertiary/aromatic N) is 1. The minimum absolute atomic E-state index is 0.280. The van der Waals surface area contributed by atoms with Crippen LogP contribution in [0.3, 0.4) is 0 Å². The molecule has 0 saturated heterocycles. The van der Waals surface area contributed by atoms with Crippen molar-refractivity contribution in [1.29, 1.82) is 0 Å². The number of halogens is 1. The van der Waals surface area contributed by atoms with E-state index in [2.05, 4.69) is 12.2 Å². The highest BCUT2D eigenvalue weighted by Crippen LogP contribution is 2.27. The molecule has 0 aliphatic carbocycles. The van der Waals surface area contributed by atoms with Crippen LogP contribution in [0, 0.1) is 15.9 Å². The van der Waals surface area contributed by atoms with E-state index in [-0.39, 0.29) is 6.04 Å². The fourth-order valence-electron chi connectivity index (χ4n) is 2.17. The third-order valence-electron chi connectivity index (χ3n) is 3.15. The molecule has 0 amide bonds. The molecule has 0 saturated carbocycles. The molecule has 112 valence electrons. The van der Waals surface area contributed by atoms with Crippen LogP contribution in [0.2, 0.25) is 0 Å². The fourth-order valence-corrected chi connectivity index (χ4v) is 2.17. The van der Waals surface area contributed by atoms with Crippen molar-refractivity contribution < 1.29 is 13.7 Å². The number of hydrogen-bond acceptors (Lipinski definition) is 4. The Morgan fingerprint density at radius 1 is 1.38 bits per heavy atom. The molecular formula is C15H17FN2O3. The summed E-state index contributed by atoms with van der Waals surface area (Å²) in [7, 11) is 0. The largest absolute Gasteiger partial charge is 0.461 e. The highest BCUT2D eigenvalue weighted by atomic mass is 19.1. The molecule has 1 heterocycles. The van der Waals surface area contributed by atoms with E-state index in [1.54, 1.807) is 6.07 Å². The van der Waals surface area contributed by atoms with Gasteiger partial charge in [0.25, 0.3) is 0 Å². The van der Waals surface area contributed by atoms with Crippen molar-refractivity contribution >= 4 is 5.69 Å². The van der Waals surface area contributed by atoms with E-state index in [1.165, 1.54) is 6.07 Å². The molecule has 5 nitrogen and oxygen atoms in total. The van der Waals surface area contributed by atoms with Crippen LogP contribution in [0.4, 0.5) is 10.1 Å². The quantitative estimate of drug-likeness (QED) is 0.653. The number of nitro benzene ring substituents is 1. The smallest absolute Gasteiger partial charge is 0.304 e. The van der Waals surface area contributed by atoms with Crippen LogP contribution < -0.4 is 5.32 Å². The lowest BCUT2D eigenvalue weighted by molar-refractivity contribution is -0.387. The van der Waals surface area contributed by atoms with Gasteiger partial charge in [-0.3, -0.25) is 10.1 Å². The van der Waals surface area contributed by atoms with Gasteiger partial charge in [0, 0.05) is 24.1 Å². The summed E-state index contributed by atoms with van der Waals surface area (Å²) < 4.78 is 19.3. The van der Waals surface area contributed by atoms with E-state index in [1.807, 2.05) is 13.0 Å². The van der Waals surface area contributed by atoms with E-state index in [0.29, 0.717) is 11.3 Å². The molecule has 1 aromatic heterocycles. The normalized spacial score (nSPS) is 12.3. The Labute approximate surface area is 121 Å². The Bertz CT molecular complexity index is 640. The van der Waals surface area contributed by atoms with Crippen molar-refractivity contribution in [2.45, 2.75) is 26.3 Å². The number of likely N-dealkylation sites (N-methyl/N-ethyl adjacent to an activating group) is 1. The monoisotopic (exact) mass is 292 g/mol. The molecule has 0 spiro atoms. The summed E-state index contributed by atoms with van der Waals surface area (Å²) in [6.45, 7) is 4.96. The van der Waals surface area contributed by atoms with Crippen LogP contribution in [0.1, 0.15) is 19.6 Å². The van der Waals surface area contributed by atoms with Crippen molar-refractivity contribution in [3.63, 3.8) is 0 Å². The van der Waals surface area contributed by atoms with Gasteiger partial charge in [-0.05, 0) is 37.7 Å². The predicted octanol–water partition coefficient (Wildman–Crippen LogP) is 3.53. The number of rotatable bonds is 6. The molecule has 1 aromatic carbocycles. The Morgan fingerprint density at radius 2 is 2.14 bits per heavy atom. The summed E-state index contributed by atoms with van der Waals surface area (Å²) in [5.41, 5.74) is -0.0493. The van der Waals surface area contributed by atoms with E-state index < -0.39 is 16.4 Å². The van der Waals surface area contributed by atoms with Crippen molar-refractivity contribution in [3.8, 4) is 11.3 Å². The Morgan fingerprint density at radius 3 is 2.76 bits per heavy atom. The molecule has 0 fully saturated rings. The van der Waals surface area contributed by atoms with Gasteiger partial charge in [0.1, 0.15) is 11.5 Å². The highest BCUT2D eigenvalue weighted by Gasteiger charge is 2.16. The molecule has 6 heteroatoms. The Hall–Kier alpha value is -2.21. The molecule has 0 aliphatic rings. The zero-order valence-electron chi connectivity index (χ0n) is 11.9. The van der Waals surface area contributed by atoms with Gasteiger partial charge in [0.15, 0.2) is 0 Å². The standard InChI is InChI=1S/C15H17FN2O3/c1-3-17-10(2)8-12-5-7-15(21-12)11-4-6-14(18(19)20)13(16)9-11/h4-7,9-10,17H,3,8H2,1-2H3. The van der Waals surface area contributed by atoms with Crippen LogP contribution in [-0.4, -0.2) is 17.5 Å². The molecule has 2 rings (SSSR count). The van der Waals surface area contributed by atoms with Crippen LogP contribution in [0.5, 0.6) is 0 Å². The first-order valence-electron chi connectivity index (χ1n) is 6.77. The summed E-state index contributed by atoms with van der Waals surface area (Å²) in [6.07, 6.45) is 0.725. The third kappa shape index (κ3) is 3.66. The summed E-state index contributed by atoms with van der Waals surface area (Å²) >= 11 is 0. The lowest BCUT2D eigenvalue weighted by Crippen LogP contribution is -2.27. The average molecular weight is 292 g/mol. The first-order valence-corrected chi connectivity index (χ1v) is 6.77. The minimum Gasteiger partial charge on any atom is -0.461 e. The Kier molecular flexibility index (Phi) is 4.70. The van der Waals surface area contributed by atoms with Crippen LogP contribution in [0.25, 0.3) is 11.3 Å². The summed E-state index contributed by atoms with van der Waals surface area (Å²) in [4.78, 5) is 9.85. The molecule has 1 N–H and O–H groups in total. The number of furan rings is 1. The van der Waals surface area contributed by atoms with Gasteiger partial charge in [-0.15, -0.1) is 0 Å².